The van der Waals surface area contributed by atoms with Crippen LogP contribution >= 0.6 is 0 Å². The third-order valence-corrected chi connectivity index (χ3v) is 7.70. The Morgan fingerprint density at radius 1 is 0.964 bits per heavy atom. The third-order valence-electron chi connectivity index (χ3n) is 7.70. The predicted octanol–water partition coefficient (Wildman–Crippen LogP) is 5.73. The minimum Gasteiger partial charge on any atom is -0.369 e. The zero-order valence-electron chi connectivity index (χ0n) is 16.0. The molecule has 0 N–H and O–H groups in total. The van der Waals surface area contributed by atoms with Crippen molar-refractivity contribution in [3.05, 3.63) is 99.7 Å². The van der Waals surface area contributed by atoms with E-state index < -0.39 is 0 Å². The molecule has 1 aromatic rings. The molecule has 7 rings (SSSR count). The molecule has 0 spiro atoms. The summed E-state index contributed by atoms with van der Waals surface area (Å²) in [5.41, 5.74) is 12.3. The van der Waals surface area contributed by atoms with Crippen molar-refractivity contribution in [1.29, 1.82) is 0 Å². The Bertz CT molecular complexity index is 1090. The van der Waals surface area contributed by atoms with Gasteiger partial charge in [0.2, 0.25) is 0 Å². The zero-order chi connectivity index (χ0) is 18.2. The van der Waals surface area contributed by atoms with Gasteiger partial charge in [-0.3, -0.25) is 0 Å². The van der Waals surface area contributed by atoms with E-state index >= 15 is 0 Å². The molecule has 4 atom stereocenters. The van der Waals surface area contributed by atoms with E-state index in [0.29, 0.717) is 17.8 Å². The van der Waals surface area contributed by atoms with Gasteiger partial charge in [0.25, 0.3) is 0 Å². The fourth-order valence-electron chi connectivity index (χ4n) is 6.58. The van der Waals surface area contributed by atoms with E-state index in [0.717, 1.165) is 13.0 Å². The van der Waals surface area contributed by atoms with Crippen molar-refractivity contribution in [2.75, 3.05) is 6.61 Å². The quantitative estimate of drug-likeness (QED) is 0.571. The topological polar surface area (TPSA) is 9.23 Å². The van der Waals surface area contributed by atoms with Crippen LogP contribution in [0.15, 0.2) is 88.6 Å². The lowest BCUT2D eigenvalue weighted by Crippen LogP contribution is -2.34. The van der Waals surface area contributed by atoms with Gasteiger partial charge in [-0.2, -0.15) is 0 Å². The SMILES string of the molecule is C1=CC2=C3C(=C4C=CCOC4C2CC1)CC1C=C2C(=CC31)Cc1ccccc12. The summed E-state index contributed by atoms with van der Waals surface area (Å²) in [7, 11) is 0. The molecule has 1 nitrogen and oxygen atoms in total. The molecular formula is C27H24O. The summed E-state index contributed by atoms with van der Waals surface area (Å²) < 4.78 is 6.29. The average molecular weight is 364 g/mol. The highest BCUT2D eigenvalue weighted by molar-refractivity contribution is 5.87. The fraction of sp³-hybridized carbons (Fsp3) is 0.333. The van der Waals surface area contributed by atoms with Gasteiger partial charge in [-0.15, -0.1) is 0 Å². The molecule has 0 bridgehead atoms. The van der Waals surface area contributed by atoms with Crippen molar-refractivity contribution in [2.45, 2.75) is 31.8 Å². The second-order valence-electron chi connectivity index (χ2n) is 9.05. The van der Waals surface area contributed by atoms with Crippen LogP contribution in [0.2, 0.25) is 0 Å². The Labute approximate surface area is 166 Å². The molecule has 1 aliphatic heterocycles. The zero-order valence-corrected chi connectivity index (χ0v) is 16.0. The Hall–Kier alpha value is -2.38. The van der Waals surface area contributed by atoms with Gasteiger partial charge in [0.15, 0.2) is 0 Å². The first kappa shape index (κ1) is 15.5. The third kappa shape index (κ3) is 1.96. The Morgan fingerprint density at radius 2 is 1.89 bits per heavy atom. The van der Waals surface area contributed by atoms with E-state index in [2.05, 4.69) is 60.7 Å². The maximum Gasteiger partial charge on any atom is 0.0900 e. The van der Waals surface area contributed by atoms with Gasteiger partial charge in [-0.25, -0.2) is 0 Å². The maximum atomic E-state index is 6.29. The number of rotatable bonds is 0. The lowest BCUT2D eigenvalue weighted by atomic mass is 9.71. The standard InChI is InChI=1S/C27H24O/c1-2-7-19-16(6-1)12-17-14-24-18(13-23(17)19)15-25-22-10-5-11-28-27(22)21-9-4-3-8-20(21)26(24)25/h1-3,5-8,10,13-14,18,21,24,27H,4,9,11-12,15H2. The van der Waals surface area contributed by atoms with Crippen molar-refractivity contribution in [2.24, 2.45) is 17.8 Å². The Balaban J connectivity index is 1.42. The Morgan fingerprint density at radius 3 is 2.89 bits per heavy atom. The highest BCUT2D eigenvalue weighted by atomic mass is 16.5. The Kier molecular flexibility index (Phi) is 3.09. The fourth-order valence-corrected chi connectivity index (χ4v) is 6.58. The molecule has 4 unspecified atom stereocenters. The number of allylic oxidation sites excluding steroid dienone is 8. The average Bonchev–Trinajstić information content (AvgIpc) is 3.30. The van der Waals surface area contributed by atoms with E-state index in [1.54, 1.807) is 22.3 Å². The van der Waals surface area contributed by atoms with Gasteiger partial charge in [0.05, 0.1) is 12.7 Å². The van der Waals surface area contributed by atoms with Crippen LogP contribution in [-0.2, 0) is 11.2 Å². The van der Waals surface area contributed by atoms with Crippen LogP contribution < -0.4 is 0 Å². The van der Waals surface area contributed by atoms with Crippen molar-refractivity contribution in [1.82, 2.24) is 0 Å². The highest BCUT2D eigenvalue weighted by Crippen LogP contribution is 2.57. The maximum absolute atomic E-state index is 6.29. The van der Waals surface area contributed by atoms with E-state index in [4.69, 9.17) is 4.74 Å². The first-order valence-electron chi connectivity index (χ1n) is 10.8. The molecule has 1 heteroatoms. The number of fused-ring (bicyclic) bond motifs is 9. The largest absolute Gasteiger partial charge is 0.369 e. The second-order valence-corrected chi connectivity index (χ2v) is 9.05. The van der Waals surface area contributed by atoms with Gasteiger partial charge in [-0.1, -0.05) is 60.7 Å². The van der Waals surface area contributed by atoms with Crippen molar-refractivity contribution < 1.29 is 4.74 Å². The molecule has 0 amide bonds. The van der Waals surface area contributed by atoms with E-state index in [9.17, 15) is 0 Å². The van der Waals surface area contributed by atoms with E-state index in [-0.39, 0.29) is 6.10 Å². The highest BCUT2D eigenvalue weighted by Gasteiger charge is 2.46. The summed E-state index contributed by atoms with van der Waals surface area (Å²) >= 11 is 0. The minimum absolute atomic E-state index is 0.282. The molecule has 5 aliphatic carbocycles. The van der Waals surface area contributed by atoms with Gasteiger partial charge >= 0.3 is 0 Å². The van der Waals surface area contributed by atoms with Crippen molar-refractivity contribution in [3.63, 3.8) is 0 Å². The summed E-state index contributed by atoms with van der Waals surface area (Å²) in [5.74, 6) is 1.69. The van der Waals surface area contributed by atoms with E-state index in [1.807, 2.05) is 0 Å². The van der Waals surface area contributed by atoms with Crippen molar-refractivity contribution in [3.8, 4) is 0 Å². The molecule has 28 heavy (non-hydrogen) atoms. The molecule has 1 saturated carbocycles. The van der Waals surface area contributed by atoms with Crippen LogP contribution in [0.4, 0.5) is 0 Å². The lowest BCUT2D eigenvalue weighted by molar-refractivity contribution is 0.0584. The van der Waals surface area contributed by atoms with Gasteiger partial charge < -0.3 is 4.74 Å². The molecule has 6 aliphatic rings. The molecule has 1 fully saturated rings. The van der Waals surface area contributed by atoms with Gasteiger partial charge in [0.1, 0.15) is 0 Å². The first-order valence-corrected chi connectivity index (χ1v) is 10.8. The summed E-state index contributed by atoms with van der Waals surface area (Å²) in [5, 5.41) is 0. The predicted molar refractivity (Wildman–Crippen MR) is 113 cm³/mol. The van der Waals surface area contributed by atoms with Gasteiger partial charge in [-0.05, 0) is 76.2 Å². The monoisotopic (exact) mass is 364 g/mol. The van der Waals surface area contributed by atoms with Crippen LogP contribution in [-0.4, -0.2) is 12.7 Å². The summed E-state index contributed by atoms with van der Waals surface area (Å²) in [6.07, 6.45) is 19.6. The molecule has 0 aromatic heterocycles. The van der Waals surface area contributed by atoms with Crippen LogP contribution in [0.25, 0.3) is 5.57 Å². The lowest BCUT2D eigenvalue weighted by Gasteiger charge is -2.39. The number of hydrogen-bond acceptors (Lipinski definition) is 1. The first-order chi connectivity index (χ1) is 13.9. The van der Waals surface area contributed by atoms with E-state index in [1.165, 1.54) is 41.5 Å². The second kappa shape index (κ2) is 5.58. The smallest absolute Gasteiger partial charge is 0.0900 e. The van der Waals surface area contributed by atoms with Crippen LogP contribution in [0.3, 0.4) is 0 Å². The van der Waals surface area contributed by atoms with Crippen LogP contribution in [0.1, 0.15) is 30.4 Å². The minimum atomic E-state index is 0.282. The number of benzene rings is 1. The molecular weight excluding hydrogens is 340 g/mol. The molecule has 0 radical (unpaired) electrons. The molecule has 1 aromatic carbocycles. The van der Waals surface area contributed by atoms with Gasteiger partial charge in [0, 0.05) is 11.8 Å². The number of ether oxygens (including phenoxy) is 1. The molecule has 1 heterocycles. The molecule has 0 saturated heterocycles. The van der Waals surface area contributed by atoms with Crippen molar-refractivity contribution >= 4 is 5.57 Å². The molecule has 138 valence electrons. The summed E-state index contributed by atoms with van der Waals surface area (Å²) in [4.78, 5) is 0. The number of hydrogen-bond donors (Lipinski definition) is 0. The normalized spacial score (nSPS) is 34.1. The summed E-state index contributed by atoms with van der Waals surface area (Å²) in [6.45, 7) is 0.766. The summed E-state index contributed by atoms with van der Waals surface area (Å²) in [6, 6.07) is 8.97. The van der Waals surface area contributed by atoms with Crippen LogP contribution in [0, 0.1) is 17.8 Å². The van der Waals surface area contributed by atoms with Crippen LogP contribution in [0.5, 0.6) is 0 Å².